The van der Waals surface area contributed by atoms with Crippen LogP contribution in [0.15, 0.2) is 24.3 Å². The molecule has 0 radical (unpaired) electrons. The van der Waals surface area contributed by atoms with Gasteiger partial charge in [0.1, 0.15) is 11.9 Å². The van der Waals surface area contributed by atoms with Gasteiger partial charge in [0, 0.05) is 5.56 Å². The van der Waals surface area contributed by atoms with E-state index in [2.05, 4.69) is 14.3 Å². The Hall–Kier alpha value is -1.67. The molecule has 0 fully saturated rings. The summed E-state index contributed by atoms with van der Waals surface area (Å²) in [6, 6.07) is 5.47. The van der Waals surface area contributed by atoms with Crippen LogP contribution < -0.4 is 4.74 Å². The predicted molar refractivity (Wildman–Crippen MR) is 66.5 cm³/mol. The summed E-state index contributed by atoms with van der Waals surface area (Å²) in [7, 11) is 0. The van der Waals surface area contributed by atoms with Crippen molar-refractivity contribution in [2.24, 2.45) is 0 Å². The molecule has 20 heavy (non-hydrogen) atoms. The van der Waals surface area contributed by atoms with Gasteiger partial charge in [-0.3, -0.25) is 0 Å². The molecule has 0 aliphatic rings. The second kappa shape index (κ2) is 5.76. The number of benzene rings is 1. The van der Waals surface area contributed by atoms with Gasteiger partial charge in [0.15, 0.2) is 0 Å². The Kier molecular flexibility index (Phi) is 4.24. The first-order chi connectivity index (χ1) is 9.42. The lowest BCUT2D eigenvalue weighted by atomic mass is 10.1. The number of aromatic nitrogens is 2. The van der Waals surface area contributed by atoms with Crippen molar-refractivity contribution in [1.82, 2.24) is 9.59 Å². The predicted octanol–water partition coefficient (Wildman–Crippen LogP) is 3.08. The zero-order valence-corrected chi connectivity index (χ0v) is 11.2. The van der Waals surface area contributed by atoms with Gasteiger partial charge in [-0.1, -0.05) is 29.6 Å². The molecule has 1 N–H and O–H groups in total. The Balaban J connectivity index is 2.37. The molecule has 0 amide bonds. The first kappa shape index (κ1) is 14.7. The molecule has 1 aromatic heterocycles. The third-order valence-corrected chi connectivity index (χ3v) is 3.43. The number of aryl methyl sites for hydroxylation is 1. The van der Waals surface area contributed by atoms with Crippen molar-refractivity contribution in [3.8, 4) is 5.75 Å². The van der Waals surface area contributed by atoms with Crippen LogP contribution in [0.3, 0.4) is 0 Å². The smallest absolute Gasteiger partial charge is 0.405 e. The fourth-order valence-electron chi connectivity index (χ4n) is 1.73. The van der Waals surface area contributed by atoms with Gasteiger partial charge in [-0.2, -0.15) is 0 Å². The maximum Gasteiger partial charge on any atom is 0.573 e. The highest BCUT2D eigenvalue weighted by molar-refractivity contribution is 7.05. The van der Waals surface area contributed by atoms with Crippen LogP contribution >= 0.6 is 11.5 Å². The van der Waals surface area contributed by atoms with Crippen LogP contribution in [0.25, 0.3) is 0 Å². The molecular weight excluding hydrogens is 293 g/mol. The van der Waals surface area contributed by atoms with Crippen molar-refractivity contribution in [3.05, 3.63) is 40.4 Å². The molecule has 1 heterocycles. The molecule has 0 spiro atoms. The van der Waals surface area contributed by atoms with Crippen LogP contribution in [0, 0.1) is 0 Å². The van der Waals surface area contributed by atoms with E-state index in [1.165, 1.54) is 18.2 Å². The molecule has 108 valence electrons. The zero-order valence-electron chi connectivity index (χ0n) is 10.4. The molecule has 0 bridgehead atoms. The molecule has 0 saturated carbocycles. The van der Waals surface area contributed by atoms with Crippen molar-refractivity contribution in [3.63, 3.8) is 0 Å². The average molecular weight is 304 g/mol. The van der Waals surface area contributed by atoms with E-state index < -0.39 is 18.2 Å². The van der Waals surface area contributed by atoms with Gasteiger partial charge in [0.25, 0.3) is 0 Å². The number of rotatable bonds is 4. The minimum absolute atomic E-state index is 0.0329. The highest BCUT2D eigenvalue weighted by atomic mass is 32.1. The van der Waals surface area contributed by atoms with Gasteiger partial charge in [-0.15, -0.1) is 18.3 Å². The maximum absolute atomic E-state index is 12.3. The fraction of sp³-hybridized carbons (Fsp3) is 0.333. The van der Waals surface area contributed by atoms with Crippen LogP contribution in [0.5, 0.6) is 5.75 Å². The molecule has 1 unspecified atom stereocenters. The summed E-state index contributed by atoms with van der Waals surface area (Å²) in [5, 5.41) is 14.1. The number of nitrogens with zero attached hydrogens (tertiary/aromatic N) is 2. The Bertz CT molecular complexity index is 586. The molecule has 1 atom stereocenters. The number of aliphatic hydroxyl groups is 1. The number of ether oxygens (including phenoxy) is 1. The molecule has 2 aromatic rings. The van der Waals surface area contributed by atoms with Crippen LogP contribution in [-0.4, -0.2) is 21.1 Å². The minimum atomic E-state index is -4.81. The number of aliphatic hydroxyl groups excluding tert-OH is 1. The van der Waals surface area contributed by atoms with Crippen LogP contribution in [-0.2, 0) is 6.42 Å². The van der Waals surface area contributed by atoms with Crippen LogP contribution in [0.1, 0.15) is 29.2 Å². The first-order valence-electron chi connectivity index (χ1n) is 5.76. The van der Waals surface area contributed by atoms with Crippen molar-refractivity contribution < 1.29 is 23.0 Å². The molecule has 0 saturated heterocycles. The van der Waals surface area contributed by atoms with E-state index in [1.54, 1.807) is 0 Å². The van der Waals surface area contributed by atoms with Gasteiger partial charge in [-0.05, 0) is 24.0 Å². The Morgan fingerprint density at radius 2 is 2.05 bits per heavy atom. The summed E-state index contributed by atoms with van der Waals surface area (Å²) in [5.41, 5.74) is 0.592. The summed E-state index contributed by atoms with van der Waals surface area (Å²) in [4.78, 5) is 0.422. The average Bonchev–Trinajstić information content (AvgIpc) is 2.85. The second-order valence-electron chi connectivity index (χ2n) is 3.93. The summed E-state index contributed by atoms with van der Waals surface area (Å²) in [5.74, 6) is -0.428. The van der Waals surface area contributed by atoms with Crippen molar-refractivity contribution in [2.45, 2.75) is 25.8 Å². The third-order valence-electron chi connectivity index (χ3n) is 2.61. The van der Waals surface area contributed by atoms with Crippen molar-refractivity contribution in [1.29, 1.82) is 0 Å². The lowest BCUT2D eigenvalue weighted by Gasteiger charge is -2.16. The summed E-state index contributed by atoms with van der Waals surface area (Å²) < 4.78 is 44.7. The molecule has 4 nitrogen and oxygen atoms in total. The van der Waals surface area contributed by atoms with E-state index in [1.807, 2.05) is 6.92 Å². The van der Waals surface area contributed by atoms with Crippen LogP contribution in [0.2, 0.25) is 0 Å². The number of alkyl halides is 3. The number of para-hydroxylation sites is 1. The van der Waals surface area contributed by atoms with E-state index in [-0.39, 0.29) is 5.56 Å². The second-order valence-corrected chi connectivity index (χ2v) is 4.71. The van der Waals surface area contributed by atoms with Gasteiger partial charge >= 0.3 is 6.36 Å². The lowest BCUT2D eigenvalue weighted by Crippen LogP contribution is -2.18. The van der Waals surface area contributed by atoms with E-state index in [0.717, 1.165) is 17.6 Å². The molecule has 8 heteroatoms. The first-order valence-corrected chi connectivity index (χ1v) is 6.53. The van der Waals surface area contributed by atoms with Gasteiger partial charge in [-0.25, -0.2) is 0 Å². The Labute approximate surface area is 117 Å². The van der Waals surface area contributed by atoms with E-state index in [9.17, 15) is 18.3 Å². The fourth-order valence-corrected chi connectivity index (χ4v) is 2.48. The van der Waals surface area contributed by atoms with Crippen LogP contribution in [0.4, 0.5) is 13.2 Å². The van der Waals surface area contributed by atoms with Gasteiger partial charge in [0.05, 0.1) is 10.6 Å². The van der Waals surface area contributed by atoms with E-state index in [0.29, 0.717) is 17.0 Å². The highest BCUT2D eigenvalue weighted by Gasteiger charge is 2.33. The lowest BCUT2D eigenvalue weighted by molar-refractivity contribution is -0.275. The molecule has 2 rings (SSSR count). The van der Waals surface area contributed by atoms with Crippen molar-refractivity contribution >= 4 is 11.5 Å². The SMILES string of the molecule is CCc1nnsc1C(O)c1ccccc1OC(F)(F)F. The largest absolute Gasteiger partial charge is 0.573 e. The molecule has 1 aromatic carbocycles. The molecular formula is C12H11F3N2O2S. The Morgan fingerprint density at radius 1 is 1.35 bits per heavy atom. The monoisotopic (exact) mass is 304 g/mol. The number of hydrogen-bond donors (Lipinski definition) is 1. The van der Waals surface area contributed by atoms with E-state index in [4.69, 9.17) is 0 Å². The summed E-state index contributed by atoms with van der Waals surface area (Å²) >= 11 is 0.956. The topological polar surface area (TPSA) is 55.2 Å². The quantitative estimate of drug-likeness (QED) is 0.943. The standard InChI is InChI=1S/C12H11F3N2O2S/c1-2-8-11(20-17-16-8)10(18)7-5-3-4-6-9(7)19-12(13,14)15/h3-6,10,18H,2H2,1H3. The van der Waals surface area contributed by atoms with Crippen molar-refractivity contribution in [2.75, 3.05) is 0 Å². The van der Waals surface area contributed by atoms with Gasteiger partial charge < -0.3 is 9.84 Å². The molecule has 0 aliphatic heterocycles. The minimum Gasteiger partial charge on any atom is -0.405 e. The highest BCUT2D eigenvalue weighted by Crippen LogP contribution is 2.35. The summed E-state index contributed by atoms with van der Waals surface area (Å²) in [6.07, 6.45) is -5.52. The Morgan fingerprint density at radius 3 is 2.70 bits per heavy atom. The third kappa shape index (κ3) is 3.26. The number of halogens is 3. The summed E-state index contributed by atoms with van der Waals surface area (Å²) in [6.45, 7) is 1.82. The molecule has 0 aliphatic carbocycles. The normalized spacial score (nSPS) is 13.2. The van der Waals surface area contributed by atoms with E-state index >= 15 is 0 Å². The zero-order chi connectivity index (χ0) is 14.8. The number of hydrogen-bond acceptors (Lipinski definition) is 5. The maximum atomic E-state index is 12.3. The van der Waals surface area contributed by atoms with Gasteiger partial charge in [0.2, 0.25) is 0 Å².